The van der Waals surface area contributed by atoms with Crippen molar-refractivity contribution in [3.63, 3.8) is 0 Å². The van der Waals surface area contributed by atoms with Crippen LogP contribution in [0.5, 0.6) is 0 Å². The van der Waals surface area contributed by atoms with Gasteiger partial charge in [0.25, 0.3) is 0 Å². The maximum absolute atomic E-state index is 3.85. The minimum Gasteiger partial charge on any atom is -0.459 e. The van der Waals surface area contributed by atoms with E-state index < -0.39 is 0 Å². The van der Waals surface area contributed by atoms with Gasteiger partial charge in [0.15, 0.2) is 0 Å². The molecule has 0 aromatic rings. The SMILES string of the molecule is C.C=C(C)CCC(C)N([CH2-])C.CCC.[Ar].[W]. The summed E-state index contributed by atoms with van der Waals surface area (Å²) in [6.07, 6.45) is 3.52. The van der Waals surface area contributed by atoms with E-state index in [9.17, 15) is 0 Å². The fraction of sp³-hybridized carbons (Fsp3) is 0.769. The van der Waals surface area contributed by atoms with Crippen molar-refractivity contribution < 1.29 is 58.8 Å². The molecule has 1 atom stereocenters. The Kier molecular flexibility index (Phi) is 41.8. The molecule has 0 saturated carbocycles. The van der Waals surface area contributed by atoms with Crippen LogP contribution in [0, 0.1) is 44.8 Å². The van der Waals surface area contributed by atoms with E-state index in [1.165, 1.54) is 12.0 Å². The molecule has 0 heterocycles. The van der Waals surface area contributed by atoms with Crippen molar-refractivity contribution in [3.05, 3.63) is 19.2 Å². The van der Waals surface area contributed by atoms with Crippen LogP contribution < -0.4 is 0 Å². The van der Waals surface area contributed by atoms with E-state index in [1.54, 1.807) is 0 Å². The van der Waals surface area contributed by atoms with Gasteiger partial charge in [0.2, 0.25) is 0 Å². The molecule has 0 spiro atoms. The van der Waals surface area contributed by atoms with Crippen LogP contribution in [-0.4, -0.2) is 18.0 Å². The molecule has 16 heavy (non-hydrogen) atoms. The molecule has 102 valence electrons. The van der Waals surface area contributed by atoms with Gasteiger partial charge in [0.05, 0.1) is 0 Å². The molecule has 0 radical (unpaired) electrons. The van der Waals surface area contributed by atoms with Crippen LogP contribution in [0.25, 0.3) is 0 Å². The summed E-state index contributed by atoms with van der Waals surface area (Å²) in [4.78, 5) is 1.99. The molecule has 3 heteroatoms. The molecular weight excluding hydrogens is 394 g/mol. The largest absolute Gasteiger partial charge is 0.459 e. The van der Waals surface area contributed by atoms with Gasteiger partial charge in [-0.1, -0.05) is 40.2 Å². The zero-order chi connectivity index (χ0) is 10.9. The zero-order valence-corrected chi connectivity index (χ0v) is 14.5. The summed E-state index contributed by atoms with van der Waals surface area (Å²) in [7, 11) is 5.82. The average molecular weight is 424 g/mol. The van der Waals surface area contributed by atoms with E-state index in [1.807, 2.05) is 11.9 Å². The smallest absolute Gasteiger partial charge is 0 e. The summed E-state index contributed by atoms with van der Waals surface area (Å²) in [5.74, 6) is 0. The molecule has 1 unspecified atom stereocenters. The van der Waals surface area contributed by atoms with E-state index >= 15 is 0 Å². The number of hydrogen-bond acceptors (Lipinski definition) is 1. The first kappa shape index (κ1) is 30.6. The Morgan fingerprint density at radius 2 is 1.69 bits per heavy atom. The van der Waals surface area contributed by atoms with E-state index in [4.69, 9.17) is 0 Å². The van der Waals surface area contributed by atoms with E-state index in [0.29, 0.717) is 6.04 Å². The Hall–Kier alpha value is 1.65. The maximum Gasteiger partial charge on any atom is 0 e. The van der Waals surface area contributed by atoms with Gasteiger partial charge in [0.1, 0.15) is 0 Å². The van der Waals surface area contributed by atoms with Crippen molar-refractivity contribution in [3.8, 4) is 0 Å². The standard InChI is InChI=1S/C9H18N.C3H8.CH4.Ar.W/c1-8(2)6-7-9(3)10(4)5;1-3-2;;;/h9H,1,4,6-7H2,2-3,5H3;3H2,1-2H3;1H4;;/q-1;;;;. The average Bonchev–Trinajstić information content (AvgIpc) is 2.01. The summed E-state index contributed by atoms with van der Waals surface area (Å²) < 4.78 is 0. The second kappa shape index (κ2) is 21.9. The zero-order valence-electron chi connectivity index (χ0n) is 10.8. The van der Waals surface area contributed by atoms with Gasteiger partial charge >= 0.3 is 0 Å². The minimum atomic E-state index is 0. The monoisotopic (exact) mass is 424 g/mol. The minimum absolute atomic E-state index is 0. The first-order chi connectivity index (χ1) is 5.95. The first-order valence-electron chi connectivity index (χ1n) is 5.13. The summed E-state index contributed by atoms with van der Waals surface area (Å²) in [5.41, 5.74) is 1.26. The maximum atomic E-state index is 3.85. The molecule has 0 aliphatic carbocycles. The summed E-state index contributed by atoms with van der Waals surface area (Å²) in [6, 6.07) is 0.566. The molecule has 0 amide bonds. The topological polar surface area (TPSA) is 3.24 Å². The van der Waals surface area contributed by atoms with Crippen LogP contribution in [0.1, 0.15) is 54.4 Å². The van der Waals surface area contributed by atoms with Gasteiger partial charge in [-0.15, -0.1) is 6.58 Å². The quantitative estimate of drug-likeness (QED) is 0.475. The Morgan fingerprint density at radius 1 is 1.38 bits per heavy atom. The molecule has 0 aliphatic heterocycles. The molecule has 1 nitrogen and oxygen atoms in total. The van der Waals surface area contributed by atoms with Crippen molar-refractivity contribution in [1.29, 1.82) is 0 Å². The molecule has 0 N–H and O–H groups in total. The fourth-order valence-electron chi connectivity index (χ4n) is 0.676. The fourth-order valence-corrected chi connectivity index (χ4v) is 0.676. The third-order valence-corrected chi connectivity index (χ3v) is 1.74. The van der Waals surface area contributed by atoms with Crippen LogP contribution in [0.15, 0.2) is 12.2 Å². The Bertz CT molecular complexity index is 127. The van der Waals surface area contributed by atoms with Crippen LogP contribution in [0.2, 0.25) is 0 Å². The molecule has 0 bridgehead atoms. The Labute approximate surface area is 149 Å². The molecule has 0 aromatic heterocycles. The molecule has 0 rings (SSSR count). The predicted molar refractivity (Wildman–Crippen MR) is 69.3 cm³/mol. The molecular formula is C13H30ArNW-. The second-order valence-electron chi connectivity index (χ2n) is 3.81. The van der Waals surface area contributed by atoms with Gasteiger partial charge in [-0.05, 0) is 32.9 Å². The number of hydrogen-bond donors (Lipinski definition) is 0. The van der Waals surface area contributed by atoms with Crippen molar-refractivity contribution >= 4 is 0 Å². The van der Waals surface area contributed by atoms with Crippen LogP contribution in [0.3, 0.4) is 0 Å². The van der Waals surface area contributed by atoms with E-state index in [0.717, 1.165) is 12.8 Å². The van der Waals surface area contributed by atoms with Crippen LogP contribution in [-0.2, 0) is 21.1 Å². The first-order valence-corrected chi connectivity index (χ1v) is 5.13. The van der Waals surface area contributed by atoms with Crippen molar-refractivity contribution in [2.24, 2.45) is 0 Å². The Morgan fingerprint density at radius 3 is 1.88 bits per heavy atom. The molecule has 0 aromatic carbocycles. The van der Waals surface area contributed by atoms with E-state index in [-0.39, 0.29) is 66.2 Å². The van der Waals surface area contributed by atoms with Crippen molar-refractivity contribution in [2.45, 2.75) is 60.4 Å². The number of nitrogens with zero attached hydrogens (tertiary/aromatic N) is 1. The third-order valence-electron chi connectivity index (χ3n) is 1.74. The predicted octanol–water partition coefficient (Wildman–Crippen LogP) is 4.50. The molecule has 0 fully saturated rings. The Balaban J connectivity index is -0.0000000606. The normalized spacial score (nSPS) is 9.69. The molecule has 0 aliphatic rings. The third kappa shape index (κ3) is 29.6. The summed E-state index contributed by atoms with van der Waals surface area (Å²) in [5, 5.41) is 0. The van der Waals surface area contributed by atoms with Crippen LogP contribution >= 0.6 is 0 Å². The number of allylic oxidation sites excluding steroid dienone is 1. The summed E-state index contributed by atoms with van der Waals surface area (Å²) >= 11 is 0. The number of rotatable bonds is 4. The van der Waals surface area contributed by atoms with Gasteiger partial charge in [0, 0.05) is 58.8 Å². The molecule has 0 saturated heterocycles. The van der Waals surface area contributed by atoms with Crippen molar-refractivity contribution in [2.75, 3.05) is 7.05 Å². The van der Waals surface area contributed by atoms with E-state index in [2.05, 4.69) is 41.3 Å². The van der Waals surface area contributed by atoms with Crippen molar-refractivity contribution in [1.82, 2.24) is 4.90 Å². The van der Waals surface area contributed by atoms with Crippen LogP contribution in [0.4, 0.5) is 0 Å². The van der Waals surface area contributed by atoms with Gasteiger partial charge in [-0.25, -0.2) is 0 Å². The van der Waals surface area contributed by atoms with Gasteiger partial charge < -0.3 is 4.90 Å². The van der Waals surface area contributed by atoms with Gasteiger partial charge in [-0.2, -0.15) is 0 Å². The second-order valence-corrected chi connectivity index (χ2v) is 3.81. The summed E-state index contributed by atoms with van der Waals surface area (Å²) in [6.45, 7) is 12.3. The van der Waals surface area contributed by atoms with Gasteiger partial charge in [-0.3, -0.25) is 7.05 Å².